The first kappa shape index (κ1) is 18.5. The molecule has 2 amide bonds. The number of rotatable bonds is 5. The van der Waals surface area contributed by atoms with Crippen molar-refractivity contribution in [1.82, 2.24) is 9.80 Å². The lowest BCUT2D eigenvalue weighted by atomic mass is 10.1. The fourth-order valence-corrected chi connectivity index (χ4v) is 3.50. The molecule has 2 fully saturated rings. The summed E-state index contributed by atoms with van der Waals surface area (Å²) in [6.07, 6.45) is 3.18. The van der Waals surface area contributed by atoms with Crippen molar-refractivity contribution in [2.75, 3.05) is 40.5 Å². The van der Waals surface area contributed by atoms with Gasteiger partial charge >= 0.3 is 0 Å². The minimum atomic E-state index is -0.582. The maximum absolute atomic E-state index is 13.0. The van der Waals surface area contributed by atoms with Crippen LogP contribution in [0.1, 0.15) is 24.8 Å². The second-order valence-corrected chi connectivity index (χ2v) is 6.62. The number of carbonyl (C=O) groups excluding carboxylic acids is 2. The first-order chi connectivity index (χ1) is 12.6. The zero-order chi connectivity index (χ0) is 18.5. The molecule has 0 spiro atoms. The summed E-state index contributed by atoms with van der Waals surface area (Å²) in [5, 5.41) is 0. The van der Waals surface area contributed by atoms with E-state index in [0.717, 1.165) is 37.9 Å². The molecule has 0 N–H and O–H groups in total. The lowest BCUT2D eigenvalue weighted by Gasteiger charge is -2.38. The van der Waals surface area contributed by atoms with Gasteiger partial charge in [0.15, 0.2) is 0 Å². The van der Waals surface area contributed by atoms with Crippen LogP contribution in [0.25, 0.3) is 0 Å². The second kappa shape index (κ2) is 8.40. The maximum Gasteiger partial charge on any atom is 0.249 e. The zero-order valence-corrected chi connectivity index (χ0v) is 15.4. The first-order valence-electron chi connectivity index (χ1n) is 9.01. The number of nitrogens with zero attached hydrogens (tertiary/aromatic N) is 2. The van der Waals surface area contributed by atoms with Crippen LogP contribution in [-0.4, -0.2) is 68.2 Å². The summed E-state index contributed by atoms with van der Waals surface area (Å²) in [5.74, 6) is 1.11. The molecule has 2 aliphatic rings. The summed E-state index contributed by atoms with van der Waals surface area (Å²) >= 11 is 0. The van der Waals surface area contributed by atoms with Crippen molar-refractivity contribution in [3.63, 3.8) is 0 Å². The van der Waals surface area contributed by atoms with Crippen LogP contribution >= 0.6 is 0 Å². The molecule has 0 bridgehead atoms. The van der Waals surface area contributed by atoms with Gasteiger partial charge in [-0.05, 0) is 31.4 Å². The molecule has 142 valence electrons. The lowest BCUT2D eigenvalue weighted by molar-refractivity contribution is -0.160. The van der Waals surface area contributed by atoms with Crippen LogP contribution in [0, 0.1) is 0 Å². The van der Waals surface area contributed by atoms with Crippen molar-refractivity contribution in [1.29, 1.82) is 0 Å². The number of hydrogen-bond donors (Lipinski definition) is 0. The summed E-state index contributed by atoms with van der Waals surface area (Å²) < 4.78 is 16.0. The summed E-state index contributed by atoms with van der Waals surface area (Å²) in [6, 6.07) is 4.88. The van der Waals surface area contributed by atoms with Crippen molar-refractivity contribution >= 4 is 11.8 Å². The van der Waals surface area contributed by atoms with E-state index in [1.54, 1.807) is 25.2 Å². The third-order valence-corrected chi connectivity index (χ3v) is 4.99. The van der Waals surface area contributed by atoms with Gasteiger partial charge in [-0.3, -0.25) is 9.59 Å². The minimum absolute atomic E-state index is 0.00223. The molecule has 7 heteroatoms. The Bertz CT molecular complexity index is 657. The zero-order valence-electron chi connectivity index (χ0n) is 15.4. The molecule has 0 saturated carbocycles. The van der Waals surface area contributed by atoms with Gasteiger partial charge in [0.1, 0.15) is 24.1 Å². The van der Waals surface area contributed by atoms with Gasteiger partial charge in [-0.2, -0.15) is 0 Å². The monoisotopic (exact) mass is 362 g/mol. The van der Waals surface area contributed by atoms with Crippen molar-refractivity contribution in [3.8, 4) is 11.5 Å². The van der Waals surface area contributed by atoms with Gasteiger partial charge in [0, 0.05) is 24.7 Å². The van der Waals surface area contributed by atoms with Crippen molar-refractivity contribution in [3.05, 3.63) is 23.8 Å². The number of carbonyl (C=O) groups is 2. The molecule has 0 unspecified atom stereocenters. The van der Waals surface area contributed by atoms with E-state index in [1.807, 2.05) is 17.0 Å². The summed E-state index contributed by atoms with van der Waals surface area (Å²) in [7, 11) is 3.17. The normalized spacial score (nSPS) is 20.8. The fraction of sp³-hybridized carbons (Fsp3) is 0.579. The molecule has 0 radical (unpaired) electrons. The molecule has 1 aromatic carbocycles. The molecule has 1 atom stereocenters. The summed E-state index contributed by atoms with van der Waals surface area (Å²) in [5.41, 5.74) is 0.833. The third kappa shape index (κ3) is 3.93. The average molecular weight is 362 g/mol. The highest BCUT2D eigenvalue weighted by Gasteiger charge is 2.37. The Balaban J connectivity index is 1.80. The van der Waals surface area contributed by atoms with E-state index in [9.17, 15) is 9.59 Å². The predicted molar refractivity (Wildman–Crippen MR) is 95.1 cm³/mol. The van der Waals surface area contributed by atoms with Crippen LogP contribution in [0.15, 0.2) is 18.2 Å². The van der Waals surface area contributed by atoms with Gasteiger partial charge in [0.05, 0.1) is 27.4 Å². The average Bonchev–Trinajstić information content (AvgIpc) is 2.69. The fourth-order valence-electron chi connectivity index (χ4n) is 3.50. The SMILES string of the molecule is COc1ccc(CN2C(=O)COC[C@H]2C(=O)N2CCCCC2)c(OC)c1. The molecule has 0 aromatic heterocycles. The number of methoxy groups -OCH3 is 2. The summed E-state index contributed by atoms with van der Waals surface area (Å²) in [4.78, 5) is 28.9. The van der Waals surface area contributed by atoms with E-state index in [4.69, 9.17) is 14.2 Å². The van der Waals surface area contributed by atoms with Crippen LogP contribution in [0.2, 0.25) is 0 Å². The van der Waals surface area contributed by atoms with Gasteiger partial charge in [-0.1, -0.05) is 0 Å². The molecular weight excluding hydrogens is 336 g/mol. The van der Waals surface area contributed by atoms with Crippen LogP contribution in [0.3, 0.4) is 0 Å². The van der Waals surface area contributed by atoms with Crippen LogP contribution in [0.4, 0.5) is 0 Å². The van der Waals surface area contributed by atoms with Crippen molar-refractivity contribution in [2.45, 2.75) is 31.8 Å². The number of ether oxygens (including phenoxy) is 3. The highest BCUT2D eigenvalue weighted by atomic mass is 16.5. The number of benzene rings is 1. The van der Waals surface area contributed by atoms with Gasteiger partial charge < -0.3 is 24.0 Å². The number of amides is 2. The number of morpholine rings is 1. The molecule has 1 aromatic rings. The maximum atomic E-state index is 13.0. The quantitative estimate of drug-likeness (QED) is 0.793. The van der Waals surface area contributed by atoms with Crippen LogP contribution in [-0.2, 0) is 20.9 Å². The number of likely N-dealkylation sites (tertiary alicyclic amines) is 1. The third-order valence-electron chi connectivity index (χ3n) is 4.99. The first-order valence-corrected chi connectivity index (χ1v) is 9.01. The van der Waals surface area contributed by atoms with E-state index < -0.39 is 6.04 Å². The molecule has 2 heterocycles. The number of hydrogen-bond acceptors (Lipinski definition) is 5. The molecular formula is C19H26N2O5. The highest BCUT2D eigenvalue weighted by Crippen LogP contribution is 2.27. The van der Waals surface area contributed by atoms with Crippen molar-refractivity contribution < 1.29 is 23.8 Å². The largest absolute Gasteiger partial charge is 0.497 e. The standard InChI is InChI=1S/C19H26N2O5/c1-24-15-7-6-14(17(10-15)25-2)11-21-16(12-26-13-18(21)22)19(23)20-8-4-3-5-9-20/h6-7,10,16H,3-5,8-9,11-13H2,1-2H3/t16-/m0/s1. The highest BCUT2D eigenvalue weighted by molar-refractivity contribution is 5.89. The van der Waals surface area contributed by atoms with Crippen LogP contribution < -0.4 is 9.47 Å². The Morgan fingerprint density at radius 1 is 1.19 bits per heavy atom. The topological polar surface area (TPSA) is 68.3 Å². The molecule has 26 heavy (non-hydrogen) atoms. The Kier molecular flexibility index (Phi) is 5.98. The Labute approximate surface area is 153 Å². The lowest BCUT2D eigenvalue weighted by Crippen LogP contribution is -2.57. The van der Waals surface area contributed by atoms with Gasteiger partial charge in [-0.15, -0.1) is 0 Å². The van der Waals surface area contributed by atoms with E-state index in [0.29, 0.717) is 18.0 Å². The molecule has 0 aliphatic carbocycles. The van der Waals surface area contributed by atoms with Gasteiger partial charge in [-0.25, -0.2) is 0 Å². The van der Waals surface area contributed by atoms with E-state index >= 15 is 0 Å². The van der Waals surface area contributed by atoms with Crippen molar-refractivity contribution in [2.24, 2.45) is 0 Å². The van der Waals surface area contributed by atoms with E-state index in [1.165, 1.54) is 0 Å². The van der Waals surface area contributed by atoms with Gasteiger partial charge in [0.2, 0.25) is 11.8 Å². The van der Waals surface area contributed by atoms with E-state index in [-0.39, 0.29) is 25.0 Å². The van der Waals surface area contributed by atoms with Crippen LogP contribution in [0.5, 0.6) is 11.5 Å². The minimum Gasteiger partial charge on any atom is -0.497 e. The summed E-state index contributed by atoms with van der Waals surface area (Å²) in [6.45, 7) is 2.05. The van der Waals surface area contributed by atoms with Gasteiger partial charge in [0.25, 0.3) is 0 Å². The second-order valence-electron chi connectivity index (χ2n) is 6.62. The molecule has 2 saturated heterocycles. The predicted octanol–water partition coefficient (Wildman–Crippen LogP) is 1.44. The molecule has 3 rings (SSSR count). The number of piperidine rings is 1. The Morgan fingerprint density at radius 3 is 2.65 bits per heavy atom. The smallest absolute Gasteiger partial charge is 0.249 e. The molecule has 2 aliphatic heterocycles. The van der Waals surface area contributed by atoms with E-state index in [2.05, 4.69) is 0 Å². The Morgan fingerprint density at radius 2 is 1.96 bits per heavy atom. The Hall–Kier alpha value is -2.28. The molecule has 7 nitrogen and oxygen atoms in total.